The molecule has 0 radical (unpaired) electrons. The fraction of sp³-hybridized carbons (Fsp3) is 0.408. The molecule has 0 aliphatic carbocycles. The summed E-state index contributed by atoms with van der Waals surface area (Å²) in [6.07, 6.45) is -13.2. The van der Waals surface area contributed by atoms with Crippen LogP contribution in [0.3, 0.4) is 0 Å². The van der Waals surface area contributed by atoms with Crippen molar-refractivity contribution in [2.24, 2.45) is 5.73 Å². The molecule has 4 aromatic rings. The Bertz CT molecular complexity index is 3040. The number of rotatable bonds is 9. The molecule has 376 valence electrons. The normalized spacial score (nSPS) is 32.5. The van der Waals surface area contributed by atoms with Crippen LogP contribution in [0, 0.1) is 11.8 Å². The number of dihydropyridines is 1. The van der Waals surface area contributed by atoms with Gasteiger partial charge < -0.3 is 95.6 Å². The molecule has 9 rings (SSSR count). The lowest BCUT2D eigenvalue weighted by molar-refractivity contribution is -0.354. The van der Waals surface area contributed by atoms with Crippen LogP contribution in [-0.2, 0) is 36.6 Å². The van der Waals surface area contributed by atoms with Gasteiger partial charge in [-0.25, -0.2) is 9.59 Å². The number of carboxylic acids is 1. The van der Waals surface area contributed by atoms with Crippen LogP contribution in [0.25, 0.3) is 22.3 Å². The minimum Gasteiger partial charge on any atom is -0.507 e. The number of aliphatic hydroxyl groups is 7. The Kier molecular flexibility index (Phi) is 12.6. The number of hydrogen-bond acceptors (Lipinski definition) is 20. The highest BCUT2D eigenvalue weighted by Gasteiger charge is 2.69. The van der Waals surface area contributed by atoms with Gasteiger partial charge in [-0.1, -0.05) is 37.8 Å². The Balaban J connectivity index is 1.33. The van der Waals surface area contributed by atoms with Gasteiger partial charge >= 0.3 is 11.9 Å². The summed E-state index contributed by atoms with van der Waals surface area (Å²) in [5.74, 6) is -5.56. The number of nitrogens with two attached hydrogens (primary N) is 1. The minimum atomic E-state index is -3.03. The minimum absolute atomic E-state index is 0.0650. The van der Waals surface area contributed by atoms with E-state index in [0.717, 1.165) is 12.1 Å². The topological polar surface area (TPSA) is 378 Å². The van der Waals surface area contributed by atoms with E-state index in [2.05, 4.69) is 22.1 Å². The molecule has 1 unspecified atom stereocenters. The first-order valence-corrected chi connectivity index (χ1v) is 22.6. The van der Waals surface area contributed by atoms with Crippen LogP contribution in [0.15, 0.2) is 86.4 Å². The van der Waals surface area contributed by atoms with E-state index in [9.17, 15) is 70.6 Å². The van der Waals surface area contributed by atoms with Gasteiger partial charge in [-0.15, -0.1) is 0 Å². The summed E-state index contributed by atoms with van der Waals surface area (Å²) in [6, 6.07) is 7.98. The second kappa shape index (κ2) is 18.1. The highest BCUT2D eigenvalue weighted by atomic mass is 16.8. The first-order valence-electron chi connectivity index (χ1n) is 22.6. The molecule has 12 atom stereocenters. The van der Waals surface area contributed by atoms with Gasteiger partial charge in [0.05, 0.1) is 12.6 Å². The van der Waals surface area contributed by atoms with Gasteiger partial charge in [-0.05, 0) is 54.7 Å². The van der Waals surface area contributed by atoms with Crippen molar-refractivity contribution in [2.75, 3.05) is 6.61 Å². The highest BCUT2D eigenvalue weighted by molar-refractivity contribution is 5.90. The molecular weight excluding hydrogens is 935 g/mol. The number of fused-ring (bicyclic) bond motifs is 4. The zero-order valence-corrected chi connectivity index (χ0v) is 37.9. The van der Waals surface area contributed by atoms with Crippen LogP contribution < -0.4 is 21.2 Å². The second-order valence-corrected chi connectivity index (χ2v) is 18.0. The van der Waals surface area contributed by atoms with Gasteiger partial charge in [0.1, 0.15) is 58.7 Å². The summed E-state index contributed by atoms with van der Waals surface area (Å²) < 4.78 is 30.6. The number of carbonyl (C=O) groups excluding carboxylic acids is 1. The summed E-state index contributed by atoms with van der Waals surface area (Å²) >= 11 is 0. The number of H-pyrrole nitrogens is 1. The van der Waals surface area contributed by atoms with E-state index < -0.39 is 125 Å². The highest BCUT2D eigenvalue weighted by Crippen LogP contribution is 2.54. The maximum atomic E-state index is 14.8. The number of phenolic OH excluding ortho intramolecular Hbond substituents is 3. The molecule has 2 aromatic carbocycles. The lowest BCUT2D eigenvalue weighted by Gasteiger charge is -2.53. The predicted molar refractivity (Wildman–Crippen MR) is 243 cm³/mol. The Morgan fingerprint density at radius 1 is 0.944 bits per heavy atom. The molecule has 2 saturated heterocycles. The van der Waals surface area contributed by atoms with Crippen LogP contribution >= 0.6 is 0 Å². The fourth-order valence-corrected chi connectivity index (χ4v) is 9.97. The number of nitrogens with one attached hydrogen (secondary N) is 2. The summed E-state index contributed by atoms with van der Waals surface area (Å²) in [6.45, 7) is 3.29. The van der Waals surface area contributed by atoms with Crippen molar-refractivity contribution < 1.29 is 89.1 Å². The van der Waals surface area contributed by atoms with E-state index in [1.165, 1.54) is 18.2 Å². The average Bonchev–Trinajstić information content (AvgIpc) is 3.83. The summed E-state index contributed by atoms with van der Waals surface area (Å²) in [4.78, 5) is 44.9. The van der Waals surface area contributed by atoms with E-state index in [1.807, 2.05) is 13.8 Å². The smallest absolute Gasteiger partial charge is 0.351 e. The van der Waals surface area contributed by atoms with Crippen molar-refractivity contribution in [3.63, 3.8) is 0 Å². The lowest BCUT2D eigenvalue weighted by atomic mass is 9.77. The Morgan fingerprint density at radius 2 is 1.70 bits per heavy atom. The van der Waals surface area contributed by atoms with Crippen LogP contribution in [0.2, 0.25) is 0 Å². The first-order chi connectivity index (χ1) is 33.7. The van der Waals surface area contributed by atoms with Crippen molar-refractivity contribution in [2.45, 2.75) is 118 Å². The molecule has 2 spiro atoms. The number of hydrogen-bond donors (Lipinski definition) is 14. The number of aliphatic hydroxyl groups excluding tert-OH is 7. The number of aromatic hydroxyl groups is 3. The van der Waals surface area contributed by atoms with Gasteiger partial charge in [0.2, 0.25) is 11.9 Å². The van der Waals surface area contributed by atoms with Crippen molar-refractivity contribution in [1.29, 1.82) is 0 Å². The maximum Gasteiger partial charge on any atom is 0.351 e. The first kappa shape index (κ1) is 49.2. The largest absolute Gasteiger partial charge is 0.507 e. The number of aliphatic carboxylic acids is 1. The molecule has 71 heavy (non-hydrogen) atoms. The van der Waals surface area contributed by atoms with E-state index in [4.69, 9.17) is 29.1 Å². The van der Waals surface area contributed by atoms with Gasteiger partial charge in [0.25, 0.3) is 11.4 Å². The van der Waals surface area contributed by atoms with Crippen molar-refractivity contribution >= 4 is 22.9 Å². The quantitative estimate of drug-likeness (QED) is 0.0444. The molecule has 0 saturated carbocycles. The van der Waals surface area contributed by atoms with Crippen molar-refractivity contribution in [3.05, 3.63) is 104 Å². The molecular formula is C49H51N3O19. The van der Waals surface area contributed by atoms with E-state index in [0.29, 0.717) is 35.4 Å². The van der Waals surface area contributed by atoms with E-state index in [-0.39, 0.29) is 51.8 Å². The molecule has 7 heterocycles. The monoisotopic (exact) mass is 985 g/mol. The predicted octanol–water partition coefficient (Wildman–Crippen LogP) is -0.266. The van der Waals surface area contributed by atoms with Gasteiger partial charge in [-0.3, -0.25) is 4.79 Å². The standard InChI is InChI=1S/C49H51N3O19/c1-3-20-14-25(27(4-2)52-43(20)50)26-17-23(16-24-7-5-11-51-24)49(69-32-19-31-34(36(57)33(26)32)28(54)18-30(67-31)22-13-21(8-12-53)35(56)29(55)15-22)42(63)39(60)41(62)48(71-49)10-6-9-47(45(64)65)40(61)37(58)38(59)44(70-47)68-46(48)66/h5,7,11,13-15,17-19,26,37-44,51-53,55-63H,3-4,8,10,12,16,50H2,1-2H3,(H,64,65)/t26-,37-,38-,39+,40+,41+,42-,43?,44+,47+,48+,49+/m1/s1. The molecule has 2 bridgehead atoms. The number of benzene rings is 2. The summed E-state index contributed by atoms with van der Waals surface area (Å²) in [5, 5.41) is 126. The van der Waals surface area contributed by atoms with E-state index >= 15 is 0 Å². The molecule has 22 nitrogen and oxygen atoms in total. The Labute approximate surface area is 402 Å². The van der Waals surface area contributed by atoms with Gasteiger partial charge in [0, 0.05) is 70.9 Å². The summed E-state index contributed by atoms with van der Waals surface area (Å²) in [5.41, 5.74) is 1.46. The number of aromatic nitrogens is 1. The van der Waals surface area contributed by atoms with Crippen LogP contribution in [0.4, 0.5) is 0 Å². The van der Waals surface area contributed by atoms with Gasteiger partial charge in [0.15, 0.2) is 23.0 Å². The zero-order chi connectivity index (χ0) is 51.1. The lowest BCUT2D eigenvalue weighted by Crippen LogP contribution is -2.75. The van der Waals surface area contributed by atoms with E-state index in [1.54, 1.807) is 24.4 Å². The van der Waals surface area contributed by atoms with Crippen LogP contribution in [-0.4, -0.2) is 146 Å². The van der Waals surface area contributed by atoms with Crippen LogP contribution in [0.1, 0.15) is 55.8 Å². The maximum absolute atomic E-state index is 14.8. The SMILES string of the molecule is CCC1=CC([C@H]2C=C(Cc3ccc[nH]3)[C@]3(Oc4cc5oc(-c6cc(O)c(O)c(CCO)c6)cc(=O)c5c(O)c42)O[C@@]2(CC#C[C@]4(C(=O)O)O[C@H](OC2=O)[C@H](O)[C@@H](O)[C@@H]4O)[C@@H](O)[C@H](O)[C@H]3O)=C(CC)NC1N. The number of esters is 1. The summed E-state index contributed by atoms with van der Waals surface area (Å²) in [7, 11) is 0. The third-order valence-electron chi connectivity index (χ3n) is 13.8. The molecule has 5 aliphatic rings. The fourth-order valence-electron chi connectivity index (χ4n) is 9.97. The molecule has 22 heteroatoms. The number of aromatic amines is 1. The average molecular weight is 986 g/mol. The van der Waals surface area contributed by atoms with Gasteiger partial charge in [-0.2, -0.15) is 0 Å². The number of ether oxygens (including phenoxy) is 4. The molecule has 15 N–H and O–H groups in total. The second-order valence-electron chi connectivity index (χ2n) is 18.0. The molecule has 0 amide bonds. The third kappa shape index (κ3) is 7.73. The molecule has 2 aromatic heterocycles. The number of carbonyl (C=O) groups is 2. The Hall–Kier alpha value is -6.75. The van der Waals surface area contributed by atoms with Crippen LogP contribution in [0.5, 0.6) is 23.0 Å². The van der Waals surface area contributed by atoms with Crippen molar-refractivity contribution in [3.8, 4) is 46.2 Å². The number of phenols is 3. The Morgan fingerprint density at radius 3 is 2.38 bits per heavy atom. The number of allylic oxidation sites excluding steroid dienone is 4. The van der Waals surface area contributed by atoms with Crippen molar-refractivity contribution in [1.82, 2.24) is 10.3 Å². The molecule has 2 fully saturated rings. The third-order valence-corrected chi connectivity index (χ3v) is 13.8. The number of carboxylic acid groups (broad SMARTS) is 1. The molecule has 5 aliphatic heterocycles. The zero-order valence-electron chi connectivity index (χ0n) is 37.9.